The van der Waals surface area contributed by atoms with Crippen molar-refractivity contribution in [2.24, 2.45) is 0 Å². The fourth-order valence-electron chi connectivity index (χ4n) is 1.79. The number of rotatable bonds is 2. The maximum atomic E-state index is 8.87. The maximum Gasteiger partial charge on any atom is 0.0437 e. The van der Waals surface area contributed by atoms with Gasteiger partial charge in [-0.1, -0.05) is 22.0 Å². The number of hydrogen-bond acceptors (Lipinski definition) is 2. The van der Waals surface area contributed by atoms with Crippen LogP contribution in [-0.2, 0) is 0 Å². The quantitative estimate of drug-likeness (QED) is 0.834. The Balaban J connectivity index is 2.27. The van der Waals surface area contributed by atoms with Gasteiger partial charge in [-0.2, -0.15) is 0 Å². The zero-order chi connectivity index (χ0) is 9.26. The first-order valence-electron chi connectivity index (χ1n) is 4.45. The normalized spacial score (nSPS) is 19.7. The zero-order valence-electron chi connectivity index (χ0n) is 7.26. The molecule has 2 N–H and O–H groups in total. The van der Waals surface area contributed by atoms with E-state index in [4.69, 9.17) is 5.11 Å². The Labute approximate surface area is 86.1 Å². The molecule has 1 aromatic carbocycles. The van der Waals surface area contributed by atoms with Crippen molar-refractivity contribution in [3.05, 3.63) is 28.2 Å². The van der Waals surface area contributed by atoms with Crippen LogP contribution in [0.2, 0.25) is 0 Å². The molecule has 1 heterocycles. The lowest BCUT2D eigenvalue weighted by atomic mass is 9.99. The van der Waals surface area contributed by atoms with Gasteiger partial charge in [0.25, 0.3) is 0 Å². The molecule has 0 fully saturated rings. The SMILES string of the molecule is OCCC1CNc2cc(Br)ccc21. The van der Waals surface area contributed by atoms with E-state index in [0.29, 0.717) is 5.92 Å². The maximum absolute atomic E-state index is 8.87. The van der Waals surface area contributed by atoms with Crippen LogP contribution in [0.15, 0.2) is 22.7 Å². The molecule has 0 bridgehead atoms. The van der Waals surface area contributed by atoms with Gasteiger partial charge in [0.2, 0.25) is 0 Å². The van der Waals surface area contributed by atoms with Crippen LogP contribution in [0.5, 0.6) is 0 Å². The molecule has 2 nitrogen and oxygen atoms in total. The zero-order valence-corrected chi connectivity index (χ0v) is 8.84. The second kappa shape index (κ2) is 3.68. The van der Waals surface area contributed by atoms with Gasteiger partial charge in [0.15, 0.2) is 0 Å². The summed E-state index contributed by atoms with van der Waals surface area (Å²) in [6, 6.07) is 6.27. The van der Waals surface area contributed by atoms with Crippen molar-refractivity contribution in [2.75, 3.05) is 18.5 Å². The fourth-order valence-corrected chi connectivity index (χ4v) is 2.16. The van der Waals surface area contributed by atoms with Crippen molar-refractivity contribution in [1.29, 1.82) is 0 Å². The van der Waals surface area contributed by atoms with Crippen LogP contribution in [0.1, 0.15) is 17.9 Å². The predicted molar refractivity (Wildman–Crippen MR) is 57.1 cm³/mol. The van der Waals surface area contributed by atoms with Crippen LogP contribution in [-0.4, -0.2) is 18.3 Å². The third-order valence-corrected chi connectivity index (χ3v) is 2.96. The van der Waals surface area contributed by atoms with Crippen LogP contribution >= 0.6 is 15.9 Å². The number of aliphatic hydroxyl groups excluding tert-OH is 1. The molecule has 2 rings (SSSR count). The average molecular weight is 242 g/mol. The summed E-state index contributed by atoms with van der Waals surface area (Å²) in [6.07, 6.45) is 0.849. The second-order valence-electron chi connectivity index (χ2n) is 3.32. The van der Waals surface area contributed by atoms with Gasteiger partial charge < -0.3 is 10.4 Å². The van der Waals surface area contributed by atoms with Gasteiger partial charge in [0.1, 0.15) is 0 Å². The molecule has 0 aliphatic carbocycles. The molecule has 1 aliphatic heterocycles. The van der Waals surface area contributed by atoms with E-state index in [1.165, 1.54) is 11.3 Å². The van der Waals surface area contributed by atoms with Crippen molar-refractivity contribution in [1.82, 2.24) is 0 Å². The van der Waals surface area contributed by atoms with Gasteiger partial charge in [0.05, 0.1) is 0 Å². The van der Waals surface area contributed by atoms with Crippen molar-refractivity contribution < 1.29 is 5.11 Å². The molecule has 1 aliphatic rings. The van der Waals surface area contributed by atoms with Crippen molar-refractivity contribution >= 4 is 21.6 Å². The molecule has 1 atom stereocenters. The predicted octanol–water partition coefficient (Wildman–Crippen LogP) is 2.34. The van der Waals surface area contributed by atoms with E-state index in [2.05, 4.69) is 39.4 Å². The van der Waals surface area contributed by atoms with E-state index in [9.17, 15) is 0 Å². The van der Waals surface area contributed by atoms with Gasteiger partial charge in [-0.05, 0) is 24.1 Å². The minimum Gasteiger partial charge on any atom is -0.396 e. The van der Waals surface area contributed by atoms with Crippen LogP contribution < -0.4 is 5.32 Å². The van der Waals surface area contributed by atoms with Crippen molar-refractivity contribution in [2.45, 2.75) is 12.3 Å². The van der Waals surface area contributed by atoms with E-state index in [-0.39, 0.29) is 6.61 Å². The lowest BCUT2D eigenvalue weighted by Crippen LogP contribution is -2.03. The molecule has 3 heteroatoms. The number of benzene rings is 1. The summed E-state index contributed by atoms with van der Waals surface area (Å²) in [5.41, 5.74) is 2.53. The van der Waals surface area contributed by atoms with E-state index in [1.807, 2.05) is 0 Å². The van der Waals surface area contributed by atoms with E-state index in [0.717, 1.165) is 17.4 Å². The second-order valence-corrected chi connectivity index (χ2v) is 4.24. The molecule has 0 amide bonds. The Bertz CT molecular complexity index is 314. The topological polar surface area (TPSA) is 32.3 Å². The summed E-state index contributed by atoms with van der Waals surface area (Å²) in [6.45, 7) is 1.22. The third-order valence-electron chi connectivity index (χ3n) is 2.47. The van der Waals surface area contributed by atoms with Crippen LogP contribution in [0.4, 0.5) is 5.69 Å². The standard InChI is InChI=1S/C10H12BrNO/c11-8-1-2-9-7(3-4-13)6-12-10(9)5-8/h1-2,5,7,12-13H,3-4,6H2. The van der Waals surface area contributed by atoms with Gasteiger partial charge in [-0.3, -0.25) is 0 Å². The lowest BCUT2D eigenvalue weighted by Gasteiger charge is -2.06. The lowest BCUT2D eigenvalue weighted by molar-refractivity contribution is 0.278. The molecule has 1 unspecified atom stereocenters. The number of halogens is 1. The minimum atomic E-state index is 0.266. The Morgan fingerprint density at radius 1 is 1.54 bits per heavy atom. The molecule has 0 aromatic heterocycles. The molecule has 0 radical (unpaired) electrons. The summed E-state index contributed by atoms with van der Waals surface area (Å²) in [5.74, 6) is 0.480. The number of anilines is 1. The summed E-state index contributed by atoms with van der Waals surface area (Å²) >= 11 is 3.43. The molecular weight excluding hydrogens is 230 g/mol. The molecule has 70 valence electrons. The monoisotopic (exact) mass is 241 g/mol. The highest BCUT2D eigenvalue weighted by Gasteiger charge is 2.21. The molecule has 0 saturated carbocycles. The van der Waals surface area contributed by atoms with E-state index in [1.54, 1.807) is 0 Å². The molecule has 13 heavy (non-hydrogen) atoms. The average Bonchev–Trinajstić information content (AvgIpc) is 2.49. The number of aliphatic hydroxyl groups is 1. The summed E-state index contributed by atoms with van der Waals surface area (Å²) in [5, 5.41) is 12.2. The van der Waals surface area contributed by atoms with Crippen molar-refractivity contribution in [3.63, 3.8) is 0 Å². The van der Waals surface area contributed by atoms with Gasteiger partial charge >= 0.3 is 0 Å². The van der Waals surface area contributed by atoms with Crippen LogP contribution in [0.3, 0.4) is 0 Å². The van der Waals surface area contributed by atoms with E-state index < -0.39 is 0 Å². The van der Waals surface area contributed by atoms with Crippen LogP contribution in [0.25, 0.3) is 0 Å². The highest BCUT2D eigenvalue weighted by molar-refractivity contribution is 9.10. The first-order valence-corrected chi connectivity index (χ1v) is 5.24. The van der Waals surface area contributed by atoms with Gasteiger partial charge in [-0.25, -0.2) is 0 Å². The number of fused-ring (bicyclic) bond motifs is 1. The molecule has 0 spiro atoms. The van der Waals surface area contributed by atoms with Gasteiger partial charge in [0, 0.05) is 29.2 Å². The van der Waals surface area contributed by atoms with Crippen LogP contribution in [0, 0.1) is 0 Å². The first-order chi connectivity index (χ1) is 6.31. The first kappa shape index (κ1) is 9.03. The Morgan fingerprint density at radius 3 is 3.15 bits per heavy atom. The Morgan fingerprint density at radius 2 is 2.38 bits per heavy atom. The van der Waals surface area contributed by atoms with Gasteiger partial charge in [-0.15, -0.1) is 0 Å². The molecular formula is C10H12BrNO. The highest BCUT2D eigenvalue weighted by atomic mass is 79.9. The van der Waals surface area contributed by atoms with Crippen molar-refractivity contribution in [3.8, 4) is 0 Å². The highest BCUT2D eigenvalue weighted by Crippen LogP contribution is 2.34. The summed E-state index contributed by atoms with van der Waals surface area (Å²) in [7, 11) is 0. The summed E-state index contributed by atoms with van der Waals surface area (Å²) < 4.78 is 1.10. The number of hydrogen-bond donors (Lipinski definition) is 2. The molecule has 0 saturated heterocycles. The third kappa shape index (κ3) is 1.71. The Kier molecular flexibility index (Phi) is 2.56. The van der Waals surface area contributed by atoms with E-state index >= 15 is 0 Å². The summed E-state index contributed by atoms with van der Waals surface area (Å²) in [4.78, 5) is 0. The molecule has 1 aromatic rings. The Hall–Kier alpha value is -0.540. The smallest absolute Gasteiger partial charge is 0.0437 e. The fraction of sp³-hybridized carbons (Fsp3) is 0.400. The minimum absolute atomic E-state index is 0.266. The largest absolute Gasteiger partial charge is 0.396 e. The number of nitrogens with one attached hydrogen (secondary N) is 1.